The van der Waals surface area contributed by atoms with Gasteiger partial charge in [-0.2, -0.15) is 0 Å². The van der Waals surface area contributed by atoms with Gasteiger partial charge in [-0.25, -0.2) is 4.39 Å². The van der Waals surface area contributed by atoms with Crippen molar-refractivity contribution in [2.24, 2.45) is 0 Å². The van der Waals surface area contributed by atoms with Crippen LogP contribution < -0.4 is 10.5 Å². The van der Waals surface area contributed by atoms with E-state index in [-0.39, 0.29) is 11.7 Å². The number of halogens is 1. The van der Waals surface area contributed by atoms with Crippen LogP contribution in [0.5, 0.6) is 5.75 Å². The van der Waals surface area contributed by atoms with E-state index in [1.165, 1.54) is 6.07 Å². The number of nitrogens with two attached hydrogens (primary N) is 1. The van der Waals surface area contributed by atoms with Crippen LogP contribution in [0, 0.1) is 5.82 Å². The molecule has 0 atom stereocenters. The first-order valence-corrected chi connectivity index (χ1v) is 6.35. The number of anilines is 1. The number of benzene rings is 2. The molecule has 0 saturated carbocycles. The van der Waals surface area contributed by atoms with Crippen molar-refractivity contribution in [3.63, 3.8) is 0 Å². The molecule has 3 aromatic rings. The van der Waals surface area contributed by atoms with Gasteiger partial charge in [0, 0.05) is 11.1 Å². The van der Waals surface area contributed by atoms with Crippen molar-refractivity contribution in [1.29, 1.82) is 0 Å². The first-order chi connectivity index (χ1) is 10.2. The summed E-state index contributed by atoms with van der Waals surface area (Å²) in [5, 5.41) is 3.95. The van der Waals surface area contributed by atoms with Crippen molar-refractivity contribution in [3.05, 3.63) is 54.3 Å². The first kappa shape index (κ1) is 13.2. The van der Waals surface area contributed by atoms with Gasteiger partial charge in [-0.1, -0.05) is 23.4 Å². The molecule has 4 nitrogen and oxygen atoms in total. The Labute approximate surface area is 120 Å². The number of hydrogen-bond acceptors (Lipinski definition) is 4. The monoisotopic (exact) mass is 284 g/mol. The van der Waals surface area contributed by atoms with Crippen LogP contribution in [0.1, 0.15) is 0 Å². The van der Waals surface area contributed by atoms with Crippen LogP contribution in [0.4, 0.5) is 10.3 Å². The maximum atomic E-state index is 14.0. The number of nitrogen functional groups attached to an aromatic ring is 1. The van der Waals surface area contributed by atoms with Crippen molar-refractivity contribution in [3.8, 4) is 28.1 Å². The summed E-state index contributed by atoms with van der Waals surface area (Å²) in [6.45, 7) is 0. The molecule has 3 rings (SSSR count). The number of rotatable bonds is 3. The average molecular weight is 284 g/mol. The molecule has 2 aromatic carbocycles. The Bertz CT molecular complexity index is 766. The molecule has 106 valence electrons. The molecule has 0 fully saturated rings. The zero-order chi connectivity index (χ0) is 14.8. The molecule has 21 heavy (non-hydrogen) atoms. The molecule has 0 saturated heterocycles. The van der Waals surface area contributed by atoms with Gasteiger partial charge in [0.15, 0.2) is 0 Å². The first-order valence-electron chi connectivity index (χ1n) is 6.35. The molecule has 0 aliphatic carbocycles. The Morgan fingerprint density at radius 3 is 2.48 bits per heavy atom. The molecule has 0 spiro atoms. The van der Waals surface area contributed by atoms with Gasteiger partial charge in [-0.05, 0) is 30.3 Å². The van der Waals surface area contributed by atoms with Gasteiger partial charge in [-0.15, -0.1) is 0 Å². The van der Waals surface area contributed by atoms with E-state index < -0.39 is 0 Å². The fourth-order valence-electron chi connectivity index (χ4n) is 2.17. The standard InChI is InChI=1S/C16H13FN2O2/c1-20-11-8-6-10(7-9-11)15-14(16(18)21-19-15)12-4-2-3-5-13(12)17/h2-9H,18H2,1H3. The minimum atomic E-state index is -0.373. The molecule has 0 aliphatic heterocycles. The van der Waals surface area contributed by atoms with Gasteiger partial charge in [0.2, 0.25) is 5.88 Å². The predicted molar refractivity (Wildman–Crippen MR) is 78.3 cm³/mol. The molecular weight excluding hydrogens is 271 g/mol. The summed E-state index contributed by atoms with van der Waals surface area (Å²) < 4.78 is 24.2. The number of nitrogens with zero attached hydrogens (tertiary/aromatic N) is 1. The van der Waals surface area contributed by atoms with Crippen molar-refractivity contribution >= 4 is 5.88 Å². The highest BCUT2D eigenvalue weighted by atomic mass is 19.1. The number of aromatic nitrogens is 1. The van der Waals surface area contributed by atoms with E-state index in [0.29, 0.717) is 16.8 Å². The fourth-order valence-corrected chi connectivity index (χ4v) is 2.17. The molecule has 1 aromatic heterocycles. The van der Waals surface area contributed by atoms with Gasteiger partial charge in [0.05, 0.1) is 12.7 Å². The van der Waals surface area contributed by atoms with E-state index in [0.717, 1.165) is 11.3 Å². The molecule has 0 aliphatic rings. The SMILES string of the molecule is COc1ccc(-c2noc(N)c2-c2ccccc2F)cc1. The van der Waals surface area contributed by atoms with E-state index in [2.05, 4.69) is 5.16 Å². The maximum absolute atomic E-state index is 14.0. The van der Waals surface area contributed by atoms with Crippen molar-refractivity contribution in [2.45, 2.75) is 0 Å². The highest BCUT2D eigenvalue weighted by molar-refractivity contribution is 5.87. The summed E-state index contributed by atoms with van der Waals surface area (Å²) in [4.78, 5) is 0. The Balaban J connectivity index is 2.15. The van der Waals surface area contributed by atoms with Crippen LogP contribution in [-0.2, 0) is 0 Å². The lowest BCUT2D eigenvalue weighted by atomic mass is 10.0. The maximum Gasteiger partial charge on any atom is 0.230 e. The van der Waals surface area contributed by atoms with Gasteiger partial charge < -0.3 is 15.0 Å². The van der Waals surface area contributed by atoms with E-state index in [1.54, 1.807) is 37.4 Å². The second kappa shape index (κ2) is 5.28. The van der Waals surface area contributed by atoms with Crippen LogP contribution in [0.15, 0.2) is 53.1 Å². The average Bonchev–Trinajstić information content (AvgIpc) is 2.89. The van der Waals surface area contributed by atoms with Crippen molar-refractivity contribution in [2.75, 3.05) is 12.8 Å². The van der Waals surface area contributed by atoms with Crippen LogP contribution in [0.25, 0.3) is 22.4 Å². The Morgan fingerprint density at radius 2 is 1.81 bits per heavy atom. The lowest BCUT2D eigenvalue weighted by molar-refractivity contribution is 0.415. The number of methoxy groups -OCH3 is 1. The molecule has 5 heteroatoms. The highest BCUT2D eigenvalue weighted by Crippen LogP contribution is 2.37. The Kier molecular flexibility index (Phi) is 3.31. The van der Waals surface area contributed by atoms with Crippen LogP contribution >= 0.6 is 0 Å². The third-order valence-corrected chi connectivity index (χ3v) is 3.23. The van der Waals surface area contributed by atoms with Gasteiger partial charge in [0.1, 0.15) is 17.3 Å². The van der Waals surface area contributed by atoms with Gasteiger partial charge in [0.25, 0.3) is 0 Å². The molecule has 2 N–H and O–H groups in total. The lowest BCUT2D eigenvalue weighted by Gasteiger charge is -2.05. The van der Waals surface area contributed by atoms with Crippen LogP contribution in [0.3, 0.4) is 0 Å². The largest absolute Gasteiger partial charge is 0.497 e. The second-order valence-corrected chi connectivity index (χ2v) is 4.48. The number of ether oxygens (including phenoxy) is 1. The zero-order valence-electron chi connectivity index (χ0n) is 11.3. The Morgan fingerprint density at radius 1 is 1.10 bits per heavy atom. The molecule has 0 bridgehead atoms. The predicted octanol–water partition coefficient (Wildman–Crippen LogP) is 3.74. The minimum Gasteiger partial charge on any atom is -0.497 e. The summed E-state index contributed by atoms with van der Waals surface area (Å²) in [6, 6.07) is 13.6. The van der Waals surface area contributed by atoms with Crippen LogP contribution in [-0.4, -0.2) is 12.3 Å². The lowest BCUT2D eigenvalue weighted by Crippen LogP contribution is -1.91. The van der Waals surface area contributed by atoms with E-state index in [9.17, 15) is 4.39 Å². The molecule has 0 amide bonds. The summed E-state index contributed by atoms with van der Waals surface area (Å²) in [5.74, 6) is 0.440. The summed E-state index contributed by atoms with van der Waals surface area (Å²) in [7, 11) is 1.59. The number of hydrogen-bond donors (Lipinski definition) is 1. The summed E-state index contributed by atoms with van der Waals surface area (Å²) >= 11 is 0. The fraction of sp³-hybridized carbons (Fsp3) is 0.0625. The summed E-state index contributed by atoms with van der Waals surface area (Å²) in [6.07, 6.45) is 0. The van der Waals surface area contributed by atoms with E-state index in [4.69, 9.17) is 15.0 Å². The quantitative estimate of drug-likeness (QED) is 0.796. The second-order valence-electron chi connectivity index (χ2n) is 4.48. The van der Waals surface area contributed by atoms with Gasteiger partial charge in [-0.3, -0.25) is 0 Å². The molecule has 1 heterocycles. The Hall–Kier alpha value is -2.82. The molecule has 0 radical (unpaired) electrons. The van der Waals surface area contributed by atoms with Crippen molar-refractivity contribution < 1.29 is 13.7 Å². The van der Waals surface area contributed by atoms with Gasteiger partial charge >= 0.3 is 0 Å². The zero-order valence-corrected chi connectivity index (χ0v) is 11.3. The normalized spacial score (nSPS) is 10.6. The van der Waals surface area contributed by atoms with Crippen LogP contribution in [0.2, 0.25) is 0 Å². The third kappa shape index (κ3) is 2.33. The molecule has 0 unspecified atom stereocenters. The topological polar surface area (TPSA) is 61.3 Å². The van der Waals surface area contributed by atoms with E-state index in [1.807, 2.05) is 12.1 Å². The summed E-state index contributed by atoms with van der Waals surface area (Å²) in [5.41, 5.74) is 7.91. The minimum absolute atomic E-state index is 0.0888. The van der Waals surface area contributed by atoms with Crippen molar-refractivity contribution in [1.82, 2.24) is 5.16 Å². The van der Waals surface area contributed by atoms with E-state index >= 15 is 0 Å². The molecular formula is C16H13FN2O2. The third-order valence-electron chi connectivity index (χ3n) is 3.23. The smallest absolute Gasteiger partial charge is 0.230 e. The highest BCUT2D eigenvalue weighted by Gasteiger charge is 2.19.